The van der Waals surface area contributed by atoms with E-state index < -0.39 is 0 Å². The van der Waals surface area contributed by atoms with Crippen molar-refractivity contribution in [1.29, 1.82) is 0 Å². The third kappa shape index (κ3) is 6.21. The molecule has 1 unspecified atom stereocenters. The van der Waals surface area contributed by atoms with E-state index in [1.165, 1.54) is 5.56 Å². The lowest BCUT2D eigenvalue weighted by molar-refractivity contribution is 0.0359. The van der Waals surface area contributed by atoms with Crippen molar-refractivity contribution in [3.8, 4) is 17.0 Å². The molecule has 1 saturated heterocycles. The number of aromatic nitrogens is 1. The molecule has 1 aromatic heterocycles. The first-order valence-corrected chi connectivity index (χ1v) is 14.7. The molecular weight excluding hydrogens is 578 g/mol. The predicted molar refractivity (Wildman–Crippen MR) is 165 cm³/mol. The van der Waals surface area contributed by atoms with E-state index >= 15 is 0 Å². The van der Waals surface area contributed by atoms with E-state index in [2.05, 4.69) is 87.3 Å². The maximum absolute atomic E-state index is 13.4. The fourth-order valence-corrected chi connectivity index (χ4v) is 5.84. The predicted octanol–water partition coefficient (Wildman–Crippen LogP) is 7.35. The number of nitrogens with zero attached hydrogens (tertiary/aromatic N) is 3. The molecule has 1 aliphatic carbocycles. The van der Waals surface area contributed by atoms with Crippen molar-refractivity contribution in [1.82, 2.24) is 14.8 Å². The first-order chi connectivity index (χ1) is 20.0. The van der Waals surface area contributed by atoms with Gasteiger partial charge in [-0.1, -0.05) is 78.9 Å². The molecule has 208 valence electrons. The lowest BCUT2D eigenvalue weighted by Crippen LogP contribution is -2.53. The zero-order valence-electron chi connectivity index (χ0n) is 22.9. The minimum Gasteiger partial charge on any atom is -0.473 e. The van der Waals surface area contributed by atoms with Crippen LogP contribution in [0.5, 0.6) is 5.88 Å². The highest BCUT2D eigenvalue weighted by Gasteiger charge is 2.35. The van der Waals surface area contributed by atoms with Crippen molar-refractivity contribution in [2.45, 2.75) is 25.6 Å². The van der Waals surface area contributed by atoms with Crippen molar-refractivity contribution in [3.05, 3.63) is 124 Å². The summed E-state index contributed by atoms with van der Waals surface area (Å²) in [6.07, 6.45) is 5.15. The average molecular weight is 611 g/mol. The van der Waals surface area contributed by atoms with Gasteiger partial charge in [0.25, 0.3) is 0 Å². The first kappa shape index (κ1) is 27.2. The minimum absolute atomic E-state index is 0.0607. The van der Waals surface area contributed by atoms with Gasteiger partial charge in [0.15, 0.2) is 6.10 Å². The maximum Gasteiger partial charge on any atom is 0.411 e. The zero-order chi connectivity index (χ0) is 28.2. The number of benzene rings is 3. The molecule has 4 aromatic rings. The smallest absolute Gasteiger partial charge is 0.411 e. The van der Waals surface area contributed by atoms with Crippen LogP contribution < -0.4 is 4.74 Å². The number of pyridine rings is 1. The summed E-state index contributed by atoms with van der Waals surface area (Å²) in [5, 5.41) is 0. The molecule has 0 N–H and O–H groups in total. The number of ether oxygens (including phenoxy) is 2. The van der Waals surface area contributed by atoms with Gasteiger partial charge in [-0.15, -0.1) is 0 Å². The number of rotatable bonds is 7. The van der Waals surface area contributed by atoms with Crippen LogP contribution in [0.1, 0.15) is 35.3 Å². The van der Waals surface area contributed by atoms with Crippen molar-refractivity contribution in [2.75, 3.05) is 26.2 Å². The highest BCUT2D eigenvalue weighted by Crippen LogP contribution is 2.45. The fraction of sp³-hybridized carbons (Fsp3) is 0.235. The molecular formula is C34H32BrN3O3. The average Bonchev–Trinajstić information content (AvgIpc) is 3.30. The van der Waals surface area contributed by atoms with Crippen LogP contribution >= 0.6 is 15.9 Å². The summed E-state index contributed by atoms with van der Waals surface area (Å²) in [5.41, 5.74) is 6.77. The SMILES string of the molecule is CC1CN(Cc2ccc(C=CCOc3ccc(Br)cn3)cc2)CCN1C(=O)OC1c2ccccc2-c2ccccc21. The highest BCUT2D eigenvalue weighted by molar-refractivity contribution is 9.10. The van der Waals surface area contributed by atoms with Crippen LogP contribution in [0.3, 0.4) is 0 Å². The number of hydrogen-bond acceptors (Lipinski definition) is 5. The van der Waals surface area contributed by atoms with Crippen molar-refractivity contribution in [2.24, 2.45) is 0 Å². The number of piperazine rings is 1. The number of hydrogen-bond donors (Lipinski definition) is 0. The molecule has 0 saturated carbocycles. The molecule has 1 amide bonds. The van der Waals surface area contributed by atoms with E-state index in [4.69, 9.17) is 9.47 Å². The molecule has 7 heteroatoms. The number of amides is 1. The van der Waals surface area contributed by atoms with Gasteiger partial charge < -0.3 is 14.4 Å². The van der Waals surface area contributed by atoms with Gasteiger partial charge in [0.05, 0.1) is 0 Å². The summed E-state index contributed by atoms with van der Waals surface area (Å²) in [5.74, 6) is 0.602. The van der Waals surface area contributed by atoms with Gasteiger partial charge in [-0.25, -0.2) is 9.78 Å². The molecule has 1 fully saturated rings. The first-order valence-electron chi connectivity index (χ1n) is 13.9. The largest absolute Gasteiger partial charge is 0.473 e. The molecule has 0 bridgehead atoms. The van der Waals surface area contributed by atoms with E-state index in [0.29, 0.717) is 19.0 Å². The molecule has 6 nitrogen and oxygen atoms in total. The van der Waals surface area contributed by atoms with Crippen LogP contribution in [0.25, 0.3) is 17.2 Å². The molecule has 6 rings (SSSR count). The Morgan fingerprint density at radius 2 is 1.66 bits per heavy atom. The maximum atomic E-state index is 13.4. The third-order valence-corrected chi connectivity index (χ3v) is 8.13. The number of fused-ring (bicyclic) bond motifs is 3. The van der Waals surface area contributed by atoms with Crippen molar-refractivity contribution >= 4 is 28.1 Å². The Labute approximate surface area is 249 Å². The van der Waals surface area contributed by atoms with Crippen molar-refractivity contribution in [3.63, 3.8) is 0 Å². The molecule has 0 spiro atoms. The Hall–Kier alpha value is -3.94. The second-order valence-corrected chi connectivity index (χ2v) is 11.4. The lowest BCUT2D eigenvalue weighted by atomic mass is 10.1. The number of halogens is 1. The summed E-state index contributed by atoms with van der Waals surface area (Å²) >= 11 is 3.37. The number of carbonyl (C=O) groups is 1. The quantitative estimate of drug-likeness (QED) is 0.219. The minimum atomic E-state index is -0.364. The van der Waals surface area contributed by atoms with E-state index in [-0.39, 0.29) is 18.2 Å². The summed E-state index contributed by atoms with van der Waals surface area (Å²) < 4.78 is 12.7. The summed E-state index contributed by atoms with van der Waals surface area (Å²) in [7, 11) is 0. The van der Waals surface area contributed by atoms with Gasteiger partial charge in [0.2, 0.25) is 5.88 Å². The number of carbonyl (C=O) groups excluding carboxylic acids is 1. The van der Waals surface area contributed by atoms with Crippen LogP contribution in [0.4, 0.5) is 4.79 Å². The molecule has 1 atom stereocenters. The molecule has 3 aromatic carbocycles. The lowest BCUT2D eigenvalue weighted by Gasteiger charge is -2.39. The van der Waals surface area contributed by atoms with Gasteiger partial charge in [-0.3, -0.25) is 4.90 Å². The Bertz CT molecular complexity index is 1490. The Morgan fingerprint density at radius 3 is 2.32 bits per heavy atom. The fourth-order valence-electron chi connectivity index (χ4n) is 5.61. The van der Waals surface area contributed by atoms with E-state index in [9.17, 15) is 4.79 Å². The second kappa shape index (κ2) is 12.3. The monoisotopic (exact) mass is 609 g/mol. The second-order valence-electron chi connectivity index (χ2n) is 10.5. The molecule has 2 aliphatic rings. The Morgan fingerprint density at radius 1 is 0.951 bits per heavy atom. The van der Waals surface area contributed by atoms with Gasteiger partial charge in [-0.05, 0) is 57.2 Å². The van der Waals surface area contributed by atoms with Crippen LogP contribution in [0.15, 0.2) is 102 Å². The van der Waals surface area contributed by atoms with Gasteiger partial charge in [0, 0.05) is 60.1 Å². The molecule has 1 aliphatic heterocycles. The van der Waals surface area contributed by atoms with Crippen molar-refractivity contribution < 1.29 is 14.3 Å². The molecule has 41 heavy (non-hydrogen) atoms. The third-order valence-electron chi connectivity index (χ3n) is 7.67. The standard InChI is InChI=1S/C34H32BrN3O3/c1-24-22-37(23-26-14-12-25(13-15-26)7-6-20-40-32-17-16-27(35)21-36-32)18-19-38(24)34(39)41-33-30-10-4-2-8-28(30)29-9-3-5-11-31(29)33/h2-17,21,24,33H,18-20,22-23H2,1H3. The summed E-state index contributed by atoms with van der Waals surface area (Å²) in [6, 6.07) is 28.8. The van der Waals surface area contributed by atoms with Gasteiger partial charge in [-0.2, -0.15) is 0 Å². The summed E-state index contributed by atoms with van der Waals surface area (Å²) in [6.45, 7) is 5.66. The Balaban J connectivity index is 1.00. The van der Waals surface area contributed by atoms with Crippen LogP contribution in [0.2, 0.25) is 0 Å². The van der Waals surface area contributed by atoms with E-state index in [1.54, 1.807) is 6.20 Å². The van der Waals surface area contributed by atoms with E-state index in [0.717, 1.165) is 51.9 Å². The van der Waals surface area contributed by atoms with Gasteiger partial charge in [0.1, 0.15) is 6.61 Å². The Kier molecular flexibility index (Phi) is 8.16. The normalized spacial score (nSPS) is 16.9. The summed E-state index contributed by atoms with van der Waals surface area (Å²) in [4.78, 5) is 21.8. The van der Waals surface area contributed by atoms with Crippen LogP contribution in [-0.2, 0) is 11.3 Å². The topological polar surface area (TPSA) is 54.9 Å². The van der Waals surface area contributed by atoms with Crippen LogP contribution in [0, 0.1) is 0 Å². The van der Waals surface area contributed by atoms with Gasteiger partial charge >= 0.3 is 6.09 Å². The molecule has 2 heterocycles. The molecule has 0 radical (unpaired) electrons. The highest BCUT2D eigenvalue weighted by atomic mass is 79.9. The zero-order valence-corrected chi connectivity index (χ0v) is 24.5. The van der Waals surface area contributed by atoms with Crippen LogP contribution in [-0.4, -0.2) is 53.2 Å². The van der Waals surface area contributed by atoms with E-state index in [1.807, 2.05) is 47.4 Å².